The Morgan fingerprint density at radius 1 is 1.53 bits per heavy atom. The molecule has 0 aliphatic carbocycles. The van der Waals surface area contributed by atoms with Crippen molar-refractivity contribution in [3.8, 4) is 0 Å². The summed E-state index contributed by atoms with van der Waals surface area (Å²) in [5.41, 5.74) is 1.79. The summed E-state index contributed by atoms with van der Waals surface area (Å²) >= 11 is 9.38. The first-order valence-corrected chi connectivity index (χ1v) is 6.96. The summed E-state index contributed by atoms with van der Waals surface area (Å²) in [5.74, 6) is -0.0585. The first-order chi connectivity index (χ1) is 8.04. The number of benzene rings is 1. The quantitative estimate of drug-likeness (QED) is 0.820. The second kappa shape index (κ2) is 7.02. The molecule has 1 aromatic rings. The molecular formula is C13H17BrClNO. The molecule has 0 aliphatic rings. The zero-order valence-corrected chi connectivity index (χ0v) is 12.4. The fourth-order valence-corrected chi connectivity index (χ4v) is 2.23. The topological polar surface area (TPSA) is 29.1 Å². The van der Waals surface area contributed by atoms with Gasteiger partial charge in [-0.2, -0.15) is 0 Å². The summed E-state index contributed by atoms with van der Waals surface area (Å²) in [7, 11) is 0. The van der Waals surface area contributed by atoms with Crippen LogP contribution in [-0.4, -0.2) is 17.8 Å². The molecule has 0 aliphatic heterocycles. The number of nitrogens with one attached hydrogen (secondary N) is 1. The van der Waals surface area contributed by atoms with Crippen LogP contribution in [0.25, 0.3) is 0 Å². The van der Waals surface area contributed by atoms with Crippen molar-refractivity contribution in [2.24, 2.45) is 0 Å². The van der Waals surface area contributed by atoms with E-state index in [1.165, 1.54) is 0 Å². The standard InChI is InChI=1S/C13H17BrClNO/c1-3-10(15)6-7-16-13(17)11-5-4-9(2)8-12(11)14/h4-5,8,10H,3,6-7H2,1-2H3,(H,16,17). The van der Waals surface area contributed by atoms with Gasteiger partial charge in [0.05, 0.1) is 5.56 Å². The van der Waals surface area contributed by atoms with Crippen LogP contribution in [0.2, 0.25) is 0 Å². The summed E-state index contributed by atoms with van der Waals surface area (Å²) < 4.78 is 0.827. The molecule has 1 rings (SSSR count). The van der Waals surface area contributed by atoms with Gasteiger partial charge in [0, 0.05) is 16.4 Å². The largest absolute Gasteiger partial charge is 0.352 e. The van der Waals surface area contributed by atoms with Crippen molar-refractivity contribution in [3.05, 3.63) is 33.8 Å². The SMILES string of the molecule is CCC(Cl)CCNC(=O)c1ccc(C)cc1Br. The van der Waals surface area contributed by atoms with Crippen molar-refractivity contribution in [1.82, 2.24) is 5.32 Å². The zero-order valence-electron chi connectivity index (χ0n) is 10.1. The van der Waals surface area contributed by atoms with Crippen molar-refractivity contribution in [2.45, 2.75) is 32.1 Å². The minimum atomic E-state index is -0.0585. The molecule has 94 valence electrons. The lowest BCUT2D eigenvalue weighted by Crippen LogP contribution is -2.26. The smallest absolute Gasteiger partial charge is 0.252 e. The Morgan fingerprint density at radius 3 is 2.82 bits per heavy atom. The number of alkyl halides is 1. The highest BCUT2D eigenvalue weighted by Crippen LogP contribution is 2.18. The highest BCUT2D eigenvalue weighted by molar-refractivity contribution is 9.10. The van der Waals surface area contributed by atoms with Gasteiger partial charge in [0.2, 0.25) is 0 Å². The third-order valence-electron chi connectivity index (χ3n) is 2.56. The van der Waals surface area contributed by atoms with E-state index in [0.717, 1.165) is 22.9 Å². The van der Waals surface area contributed by atoms with E-state index in [2.05, 4.69) is 21.2 Å². The molecular weight excluding hydrogens is 302 g/mol. The van der Waals surface area contributed by atoms with E-state index >= 15 is 0 Å². The molecule has 0 spiro atoms. The van der Waals surface area contributed by atoms with E-state index in [4.69, 9.17) is 11.6 Å². The van der Waals surface area contributed by atoms with Crippen molar-refractivity contribution in [1.29, 1.82) is 0 Å². The molecule has 17 heavy (non-hydrogen) atoms. The Labute approximate surface area is 116 Å². The third-order valence-corrected chi connectivity index (χ3v) is 3.74. The van der Waals surface area contributed by atoms with Crippen LogP contribution in [0.15, 0.2) is 22.7 Å². The average Bonchev–Trinajstić information content (AvgIpc) is 2.28. The molecule has 1 amide bonds. The molecule has 0 saturated carbocycles. The van der Waals surface area contributed by atoms with E-state index < -0.39 is 0 Å². The van der Waals surface area contributed by atoms with Crippen LogP contribution in [0.1, 0.15) is 35.7 Å². The maximum atomic E-state index is 11.9. The molecule has 0 radical (unpaired) electrons. The molecule has 1 aromatic carbocycles. The number of amides is 1. The average molecular weight is 319 g/mol. The molecule has 0 bridgehead atoms. The molecule has 1 atom stereocenters. The summed E-state index contributed by atoms with van der Waals surface area (Å²) in [6, 6.07) is 5.69. The van der Waals surface area contributed by atoms with Gasteiger partial charge >= 0.3 is 0 Å². The van der Waals surface area contributed by atoms with E-state index in [9.17, 15) is 4.79 Å². The summed E-state index contributed by atoms with van der Waals surface area (Å²) in [5, 5.41) is 3.01. The number of hydrogen-bond donors (Lipinski definition) is 1. The maximum Gasteiger partial charge on any atom is 0.252 e. The Morgan fingerprint density at radius 2 is 2.24 bits per heavy atom. The Kier molecular flexibility index (Phi) is 6.00. The lowest BCUT2D eigenvalue weighted by molar-refractivity contribution is 0.0952. The van der Waals surface area contributed by atoms with Crippen LogP contribution in [0, 0.1) is 6.92 Å². The molecule has 0 heterocycles. The minimum Gasteiger partial charge on any atom is -0.352 e. The predicted molar refractivity (Wildman–Crippen MR) is 75.8 cm³/mol. The van der Waals surface area contributed by atoms with Gasteiger partial charge in [0.15, 0.2) is 0 Å². The normalized spacial score (nSPS) is 12.2. The van der Waals surface area contributed by atoms with Gasteiger partial charge in [0.1, 0.15) is 0 Å². The van der Waals surface area contributed by atoms with Gasteiger partial charge < -0.3 is 5.32 Å². The van der Waals surface area contributed by atoms with Crippen LogP contribution in [0.3, 0.4) is 0 Å². The van der Waals surface area contributed by atoms with Crippen LogP contribution >= 0.6 is 27.5 Å². The fourth-order valence-electron chi connectivity index (χ4n) is 1.45. The number of aryl methyl sites for hydroxylation is 1. The monoisotopic (exact) mass is 317 g/mol. The molecule has 0 saturated heterocycles. The maximum absolute atomic E-state index is 11.9. The molecule has 4 heteroatoms. The lowest BCUT2D eigenvalue weighted by Gasteiger charge is -2.09. The minimum absolute atomic E-state index is 0.0585. The molecule has 1 unspecified atom stereocenters. The molecule has 2 nitrogen and oxygen atoms in total. The molecule has 0 fully saturated rings. The summed E-state index contributed by atoms with van der Waals surface area (Å²) in [4.78, 5) is 11.9. The first-order valence-electron chi connectivity index (χ1n) is 5.73. The van der Waals surface area contributed by atoms with Crippen molar-refractivity contribution < 1.29 is 4.79 Å². The highest BCUT2D eigenvalue weighted by Gasteiger charge is 2.10. The zero-order chi connectivity index (χ0) is 12.8. The summed E-state index contributed by atoms with van der Waals surface area (Å²) in [6.07, 6.45) is 1.72. The van der Waals surface area contributed by atoms with Gasteiger partial charge in [-0.05, 0) is 53.4 Å². The van der Waals surface area contributed by atoms with E-state index in [-0.39, 0.29) is 11.3 Å². The van der Waals surface area contributed by atoms with Crippen LogP contribution in [-0.2, 0) is 0 Å². The van der Waals surface area contributed by atoms with E-state index in [0.29, 0.717) is 12.1 Å². The van der Waals surface area contributed by atoms with Gasteiger partial charge in [0.25, 0.3) is 5.91 Å². The van der Waals surface area contributed by atoms with Crippen molar-refractivity contribution in [3.63, 3.8) is 0 Å². The number of carbonyl (C=O) groups excluding carboxylic acids is 1. The van der Waals surface area contributed by atoms with E-state index in [1.807, 2.05) is 32.0 Å². The van der Waals surface area contributed by atoms with Crippen LogP contribution in [0.4, 0.5) is 0 Å². The number of halogens is 2. The second-order valence-electron chi connectivity index (χ2n) is 4.03. The van der Waals surface area contributed by atoms with Gasteiger partial charge in [-0.15, -0.1) is 11.6 Å². The Balaban J connectivity index is 2.52. The summed E-state index contributed by atoms with van der Waals surface area (Å²) in [6.45, 7) is 4.64. The van der Waals surface area contributed by atoms with Gasteiger partial charge in [-0.3, -0.25) is 4.79 Å². The third kappa shape index (κ3) is 4.68. The second-order valence-corrected chi connectivity index (χ2v) is 5.50. The Bertz CT molecular complexity index is 395. The van der Waals surface area contributed by atoms with Gasteiger partial charge in [-0.25, -0.2) is 0 Å². The molecule has 0 aromatic heterocycles. The number of carbonyl (C=O) groups is 1. The fraction of sp³-hybridized carbons (Fsp3) is 0.462. The molecule has 1 N–H and O–H groups in total. The number of hydrogen-bond acceptors (Lipinski definition) is 1. The predicted octanol–water partition coefficient (Wildman–Crippen LogP) is 3.89. The van der Waals surface area contributed by atoms with E-state index in [1.54, 1.807) is 0 Å². The van der Waals surface area contributed by atoms with Crippen LogP contribution in [0.5, 0.6) is 0 Å². The lowest BCUT2D eigenvalue weighted by atomic mass is 10.1. The highest BCUT2D eigenvalue weighted by atomic mass is 79.9. The first kappa shape index (κ1) is 14.5. The van der Waals surface area contributed by atoms with Crippen molar-refractivity contribution >= 4 is 33.4 Å². The van der Waals surface area contributed by atoms with Crippen LogP contribution < -0.4 is 5.32 Å². The Hall–Kier alpha value is -0.540. The van der Waals surface area contributed by atoms with Crippen molar-refractivity contribution in [2.75, 3.05) is 6.54 Å². The number of rotatable bonds is 5. The van der Waals surface area contributed by atoms with Gasteiger partial charge in [-0.1, -0.05) is 13.0 Å².